The molecule has 0 unspecified atom stereocenters. The predicted octanol–water partition coefficient (Wildman–Crippen LogP) is 2.92. The third-order valence-corrected chi connectivity index (χ3v) is 7.21. The Hall–Kier alpha value is -0.910. The van der Waals surface area contributed by atoms with Crippen LogP contribution in [0.15, 0.2) is 30.3 Å². The van der Waals surface area contributed by atoms with Crippen molar-refractivity contribution in [2.24, 2.45) is 5.92 Å². The summed E-state index contributed by atoms with van der Waals surface area (Å²) in [5, 5.41) is 10.7. The lowest BCUT2D eigenvalue weighted by Crippen LogP contribution is -2.45. The van der Waals surface area contributed by atoms with Gasteiger partial charge in [-0.25, -0.2) is 8.42 Å². The second kappa shape index (κ2) is 6.91. The molecule has 0 aromatic heterocycles. The molecule has 2 fully saturated rings. The van der Waals surface area contributed by atoms with Crippen LogP contribution in [0.25, 0.3) is 0 Å². The summed E-state index contributed by atoms with van der Waals surface area (Å²) in [6.45, 7) is 0.592. The van der Waals surface area contributed by atoms with Crippen LogP contribution in [0, 0.1) is 5.92 Å². The Morgan fingerprint density at radius 2 is 1.74 bits per heavy atom. The van der Waals surface area contributed by atoms with Gasteiger partial charge >= 0.3 is 0 Å². The van der Waals surface area contributed by atoms with E-state index in [0.717, 1.165) is 37.7 Å². The first-order chi connectivity index (χ1) is 11.0. The van der Waals surface area contributed by atoms with E-state index >= 15 is 0 Å². The fourth-order valence-electron chi connectivity index (χ4n) is 3.62. The van der Waals surface area contributed by atoms with E-state index in [0.29, 0.717) is 25.3 Å². The van der Waals surface area contributed by atoms with Crippen molar-refractivity contribution in [3.63, 3.8) is 0 Å². The SMILES string of the molecule is O=S(=O)(CC1CCC1)N(Cc1ccccc1)CC1(O)CCCC1. The van der Waals surface area contributed by atoms with E-state index in [1.807, 2.05) is 30.3 Å². The second-order valence-electron chi connectivity index (χ2n) is 7.26. The number of hydrogen-bond donors (Lipinski definition) is 1. The largest absolute Gasteiger partial charge is 0.389 e. The van der Waals surface area contributed by atoms with Gasteiger partial charge in [-0.1, -0.05) is 49.6 Å². The van der Waals surface area contributed by atoms with E-state index in [1.54, 1.807) is 0 Å². The van der Waals surface area contributed by atoms with E-state index in [4.69, 9.17) is 0 Å². The van der Waals surface area contributed by atoms with Gasteiger partial charge in [-0.05, 0) is 37.2 Å². The Kier molecular flexibility index (Phi) is 5.09. The molecule has 1 aromatic carbocycles. The first kappa shape index (κ1) is 16.9. The minimum absolute atomic E-state index is 0.232. The van der Waals surface area contributed by atoms with Crippen LogP contribution in [0.1, 0.15) is 50.5 Å². The zero-order valence-electron chi connectivity index (χ0n) is 13.7. The summed E-state index contributed by atoms with van der Waals surface area (Å²) in [6.07, 6.45) is 6.55. The van der Waals surface area contributed by atoms with Crippen LogP contribution in [-0.4, -0.2) is 35.7 Å². The molecule has 1 aromatic rings. The van der Waals surface area contributed by atoms with Gasteiger partial charge in [0.05, 0.1) is 11.4 Å². The maximum atomic E-state index is 12.9. The average Bonchev–Trinajstić information content (AvgIpc) is 2.90. The standard InChI is InChI=1S/C18H27NO3S/c20-18(11-4-5-12-18)15-19(13-16-7-2-1-3-8-16)23(21,22)14-17-9-6-10-17/h1-3,7-8,17,20H,4-6,9-15H2. The van der Waals surface area contributed by atoms with Gasteiger partial charge in [-0.3, -0.25) is 0 Å². The first-order valence-electron chi connectivity index (χ1n) is 8.71. The smallest absolute Gasteiger partial charge is 0.214 e. The number of rotatable bonds is 7. The number of nitrogens with zero attached hydrogens (tertiary/aromatic N) is 1. The van der Waals surface area contributed by atoms with Crippen molar-refractivity contribution in [1.29, 1.82) is 0 Å². The van der Waals surface area contributed by atoms with Crippen LogP contribution < -0.4 is 0 Å². The summed E-state index contributed by atoms with van der Waals surface area (Å²) in [5.41, 5.74) is 0.132. The number of aliphatic hydroxyl groups is 1. The zero-order chi connectivity index (χ0) is 16.3. The van der Waals surface area contributed by atoms with Crippen LogP contribution in [-0.2, 0) is 16.6 Å². The summed E-state index contributed by atoms with van der Waals surface area (Å²) < 4.78 is 27.3. The summed E-state index contributed by atoms with van der Waals surface area (Å²) in [5.74, 6) is 0.534. The number of sulfonamides is 1. The quantitative estimate of drug-likeness (QED) is 0.832. The van der Waals surface area contributed by atoms with E-state index < -0.39 is 15.6 Å². The molecule has 3 rings (SSSR count). The Labute approximate surface area is 139 Å². The van der Waals surface area contributed by atoms with E-state index in [-0.39, 0.29) is 12.3 Å². The van der Waals surface area contributed by atoms with Gasteiger partial charge in [0.1, 0.15) is 0 Å². The molecule has 0 bridgehead atoms. The molecule has 23 heavy (non-hydrogen) atoms. The summed E-state index contributed by atoms with van der Waals surface area (Å²) in [4.78, 5) is 0. The third kappa shape index (κ3) is 4.34. The van der Waals surface area contributed by atoms with Crippen molar-refractivity contribution >= 4 is 10.0 Å². The topological polar surface area (TPSA) is 57.6 Å². The molecule has 0 aliphatic heterocycles. The molecule has 4 nitrogen and oxygen atoms in total. The fourth-order valence-corrected chi connectivity index (χ4v) is 5.54. The van der Waals surface area contributed by atoms with Crippen LogP contribution in [0.3, 0.4) is 0 Å². The van der Waals surface area contributed by atoms with Gasteiger partial charge in [0.2, 0.25) is 10.0 Å². The fraction of sp³-hybridized carbons (Fsp3) is 0.667. The maximum absolute atomic E-state index is 12.9. The molecule has 1 N–H and O–H groups in total. The van der Waals surface area contributed by atoms with Crippen LogP contribution >= 0.6 is 0 Å². The van der Waals surface area contributed by atoms with Crippen molar-refractivity contribution < 1.29 is 13.5 Å². The highest BCUT2D eigenvalue weighted by Crippen LogP contribution is 2.33. The molecule has 128 valence electrons. The van der Waals surface area contributed by atoms with Gasteiger partial charge < -0.3 is 5.11 Å². The molecule has 2 saturated carbocycles. The second-order valence-corrected chi connectivity index (χ2v) is 9.27. The normalized spacial score (nSPS) is 21.5. The Morgan fingerprint density at radius 3 is 2.30 bits per heavy atom. The number of benzene rings is 1. The van der Waals surface area contributed by atoms with Crippen molar-refractivity contribution in [3.05, 3.63) is 35.9 Å². The molecule has 0 radical (unpaired) electrons. The Balaban J connectivity index is 1.76. The highest BCUT2D eigenvalue weighted by molar-refractivity contribution is 7.89. The van der Waals surface area contributed by atoms with Crippen molar-refractivity contribution in [2.75, 3.05) is 12.3 Å². The van der Waals surface area contributed by atoms with Crippen molar-refractivity contribution in [1.82, 2.24) is 4.31 Å². The maximum Gasteiger partial charge on any atom is 0.214 e. The van der Waals surface area contributed by atoms with Crippen LogP contribution in [0.4, 0.5) is 0 Å². The molecule has 0 spiro atoms. The molecule has 0 heterocycles. The van der Waals surface area contributed by atoms with Crippen molar-refractivity contribution in [3.8, 4) is 0 Å². The van der Waals surface area contributed by atoms with E-state index in [9.17, 15) is 13.5 Å². The molecule has 2 aliphatic rings. The molecule has 5 heteroatoms. The van der Waals surface area contributed by atoms with Gasteiger partial charge in [0.15, 0.2) is 0 Å². The van der Waals surface area contributed by atoms with Crippen molar-refractivity contribution in [2.45, 2.75) is 57.1 Å². The van der Waals surface area contributed by atoms with Gasteiger partial charge in [0, 0.05) is 13.1 Å². The molecule has 0 atom stereocenters. The minimum Gasteiger partial charge on any atom is -0.389 e. The summed E-state index contributed by atoms with van der Waals surface area (Å²) in [6, 6.07) is 9.68. The highest BCUT2D eigenvalue weighted by atomic mass is 32.2. The first-order valence-corrected chi connectivity index (χ1v) is 10.3. The monoisotopic (exact) mass is 337 g/mol. The average molecular weight is 337 g/mol. The van der Waals surface area contributed by atoms with Gasteiger partial charge in [-0.2, -0.15) is 4.31 Å². The van der Waals surface area contributed by atoms with Crippen LogP contribution in [0.2, 0.25) is 0 Å². The Morgan fingerprint density at radius 1 is 1.09 bits per heavy atom. The molecular formula is C18H27NO3S. The van der Waals surface area contributed by atoms with Gasteiger partial charge in [-0.15, -0.1) is 0 Å². The lowest BCUT2D eigenvalue weighted by molar-refractivity contribution is 0.0277. The Bertz CT molecular complexity index is 604. The van der Waals surface area contributed by atoms with Crippen LogP contribution in [0.5, 0.6) is 0 Å². The minimum atomic E-state index is -3.33. The zero-order valence-corrected chi connectivity index (χ0v) is 14.5. The molecular weight excluding hydrogens is 310 g/mol. The van der Waals surface area contributed by atoms with E-state index in [1.165, 1.54) is 4.31 Å². The lowest BCUT2D eigenvalue weighted by atomic mass is 9.87. The lowest BCUT2D eigenvalue weighted by Gasteiger charge is -2.33. The van der Waals surface area contributed by atoms with Gasteiger partial charge in [0.25, 0.3) is 0 Å². The number of hydrogen-bond acceptors (Lipinski definition) is 3. The summed E-state index contributed by atoms with van der Waals surface area (Å²) >= 11 is 0. The van der Waals surface area contributed by atoms with E-state index in [2.05, 4.69) is 0 Å². The molecule has 2 aliphatic carbocycles. The highest BCUT2D eigenvalue weighted by Gasteiger charge is 2.38. The third-order valence-electron chi connectivity index (χ3n) is 5.27. The predicted molar refractivity (Wildman–Crippen MR) is 91.4 cm³/mol. The summed E-state index contributed by atoms with van der Waals surface area (Å²) in [7, 11) is -3.33. The molecule has 0 saturated heterocycles. The molecule has 0 amide bonds.